The molecule has 19 heavy (non-hydrogen) atoms. The molecule has 1 aliphatic heterocycles. The molecule has 4 nitrogen and oxygen atoms in total. The maximum absolute atomic E-state index is 11.5. The van der Waals surface area contributed by atoms with Crippen LogP contribution >= 0.6 is 0 Å². The second-order valence-electron chi connectivity index (χ2n) is 5.70. The zero-order valence-corrected chi connectivity index (χ0v) is 11.7. The normalized spacial score (nSPS) is 19.9. The minimum Gasteiger partial charge on any atom is -0.299 e. The average Bonchev–Trinajstić information content (AvgIpc) is 2.87. The first-order valence-corrected chi connectivity index (χ1v) is 6.92. The number of nitrogen functional groups attached to an aromatic ring is 1. The van der Waals surface area contributed by atoms with E-state index in [1.165, 1.54) is 12.0 Å². The molecule has 1 unspecified atom stereocenters. The maximum Gasteiger partial charge on any atom is 0.265 e. The quantitative estimate of drug-likeness (QED) is 0.493. The van der Waals surface area contributed by atoms with Crippen LogP contribution in [0.2, 0.25) is 0 Å². The Kier molecular flexibility index (Phi) is 4.56. The van der Waals surface area contributed by atoms with Crippen molar-refractivity contribution in [1.82, 2.24) is 10.3 Å². The van der Waals surface area contributed by atoms with E-state index in [2.05, 4.69) is 30.2 Å². The van der Waals surface area contributed by atoms with Gasteiger partial charge in [0, 0.05) is 18.7 Å². The van der Waals surface area contributed by atoms with Crippen molar-refractivity contribution in [3.63, 3.8) is 0 Å². The van der Waals surface area contributed by atoms with Crippen LogP contribution in [0.25, 0.3) is 0 Å². The molecule has 2 rings (SSSR count). The van der Waals surface area contributed by atoms with Gasteiger partial charge in [-0.15, -0.1) is 0 Å². The van der Waals surface area contributed by atoms with Crippen LogP contribution in [-0.2, 0) is 6.54 Å². The van der Waals surface area contributed by atoms with Crippen molar-refractivity contribution in [2.24, 2.45) is 17.7 Å². The summed E-state index contributed by atoms with van der Waals surface area (Å²) in [6.45, 7) is 7.80. The Morgan fingerprint density at radius 3 is 2.95 bits per heavy atom. The molecule has 1 aromatic rings. The number of rotatable bonds is 4. The molecule has 1 aromatic carbocycles. The number of likely N-dealkylation sites (tertiary alicyclic amines) is 1. The average molecular weight is 261 g/mol. The molecule has 1 heterocycles. The van der Waals surface area contributed by atoms with Crippen LogP contribution < -0.4 is 11.3 Å². The van der Waals surface area contributed by atoms with E-state index in [4.69, 9.17) is 5.84 Å². The first-order chi connectivity index (χ1) is 9.10. The number of hydrogen-bond donors (Lipinski definition) is 2. The van der Waals surface area contributed by atoms with E-state index in [1.54, 1.807) is 6.07 Å². The second kappa shape index (κ2) is 6.17. The molecule has 0 bridgehead atoms. The van der Waals surface area contributed by atoms with Gasteiger partial charge in [-0.25, -0.2) is 5.84 Å². The number of nitrogens with one attached hydrogen (secondary N) is 1. The SMILES string of the molecule is CC(C)C1CCN(Cc2cccc(C(=O)NN)c2)C1. The fourth-order valence-corrected chi connectivity index (χ4v) is 2.70. The molecule has 1 saturated heterocycles. The molecule has 0 spiro atoms. The monoisotopic (exact) mass is 261 g/mol. The van der Waals surface area contributed by atoms with Gasteiger partial charge in [0.15, 0.2) is 0 Å². The number of carbonyl (C=O) groups is 1. The summed E-state index contributed by atoms with van der Waals surface area (Å²) in [7, 11) is 0. The number of carbonyl (C=O) groups excluding carboxylic acids is 1. The lowest BCUT2D eigenvalue weighted by Gasteiger charge is -2.18. The summed E-state index contributed by atoms with van der Waals surface area (Å²) in [5, 5.41) is 0. The number of hydrogen-bond acceptors (Lipinski definition) is 3. The Balaban J connectivity index is 1.98. The van der Waals surface area contributed by atoms with E-state index >= 15 is 0 Å². The third kappa shape index (κ3) is 3.55. The van der Waals surface area contributed by atoms with Gasteiger partial charge >= 0.3 is 0 Å². The minimum atomic E-state index is -0.233. The van der Waals surface area contributed by atoms with Crippen LogP contribution in [0, 0.1) is 11.8 Å². The van der Waals surface area contributed by atoms with Gasteiger partial charge in [0.05, 0.1) is 0 Å². The van der Waals surface area contributed by atoms with E-state index in [1.807, 2.05) is 12.1 Å². The standard InChI is InChI=1S/C15H23N3O/c1-11(2)14-6-7-18(10-14)9-12-4-3-5-13(8-12)15(19)17-16/h3-5,8,11,14H,6-7,9-10,16H2,1-2H3,(H,17,19). The molecule has 0 radical (unpaired) electrons. The molecule has 3 N–H and O–H groups in total. The summed E-state index contributed by atoms with van der Waals surface area (Å²) >= 11 is 0. The van der Waals surface area contributed by atoms with Crippen LogP contribution in [-0.4, -0.2) is 23.9 Å². The zero-order chi connectivity index (χ0) is 13.8. The van der Waals surface area contributed by atoms with Crippen molar-refractivity contribution in [3.05, 3.63) is 35.4 Å². The smallest absolute Gasteiger partial charge is 0.265 e. The third-order valence-electron chi connectivity index (χ3n) is 3.98. The number of nitrogens with two attached hydrogens (primary N) is 1. The summed E-state index contributed by atoms with van der Waals surface area (Å²) in [6.07, 6.45) is 1.28. The minimum absolute atomic E-state index is 0.233. The lowest BCUT2D eigenvalue weighted by Crippen LogP contribution is -2.30. The summed E-state index contributed by atoms with van der Waals surface area (Å²) in [5.41, 5.74) is 3.97. The summed E-state index contributed by atoms with van der Waals surface area (Å²) < 4.78 is 0. The van der Waals surface area contributed by atoms with Crippen LogP contribution in [0.15, 0.2) is 24.3 Å². The van der Waals surface area contributed by atoms with Crippen molar-refractivity contribution >= 4 is 5.91 Å². The number of nitrogens with zero attached hydrogens (tertiary/aromatic N) is 1. The highest BCUT2D eigenvalue weighted by Crippen LogP contribution is 2.24. The Bertz CT molecular complexity index is 445. The molecule has 0 saturated carbocycles. The van der Waals surface area contributed by atoms with E-state index in [9.17, 15) is 4.79 Å². The second-order valence-corrected chi connectivity index (χ2v) is 5.70. The first-order valence-electron chi connectivity index (χ1n) is 6.92. The van der Waals surface area contributed by atoms with Gasteiger partial charge in [-0.3, -0.25) is 15.1 Å². The van der Waals surface area contributed by atoms with Gasteiger partial charge < -0.3 is 0 Å². The van der Waals surface area contributed by atoms with Gasteiger partial charge in [0.2, 0.25) is 0 Å². The van der Waals surface area contributed by atoms with Gasteiger partial charge in [0.1, 0.15) is 0 Å². The number of benzene rings is 1. The van der Waals surface area contributed by atoms with E-state index < -0.39 is 0 Å². The molecule has 4 heteroatoms. The van der Waals surface area contributed by atoms with Gasteiger partial charge in [-0.05, 0) is 42.5 Å². The lowest BCUT2D eigenvalue weighted by molar-refractivity contribution is 0.0953. The van der Waals surface area contributed by atoms with Gasteiger partial charge in [-0.1, -0.05) is 26.0 Å². The summed E-state index contributed by atoms with van der Waals surface area (Å²) in [4.78, 5) is 14.0. The highest BCUT2D eigenvalue weighted by molar-refractivity contribution is 5.93. The van der Waals surface area contributed by atoms with Gasteiger partial charge in [0.25, 0.3) is 5.91 Å². The fourth-order valence-electron chi connectivity index (χ4n) is 2.70. The molecule has 0 aliphatic carbocycles. The van der Waals surface area contributed by atoms with Crippen molar-refractivity contribution in [3.8, 4) is 0 Å². The van der Waals surface area contributed by atoms with E-state index in [0.29, 0.717) is 5.56 Å². The zero-order valence-electron chi connectivity index (χ0n) is 11.7. The largest absolute Gasteiger partial charge is 0.299 e. The molecule has 1 aliphatic rings. The predicted molar refractivity (Wildman–Crippen MR) is 76.3 cm³/mol. The topological polar surface area (TPSA) is 58.4 Å². The van der Waals surface area contributed by atoms with Crippen molar-refractivity contribution in [2.45, 2.75) is 26.8 Å². The number of hydrazine groups is 1. The lowest BCUT2D eigenvalue weighted by atomic mass is 9.95. The fraction of sp³-hybridized carbons (Fsp3) is 0.533. The van der Waals surface area contributed by atoms with Crippen molar-refractivity contribution in [2.75, 3.05) is 13.1 Å². The maximum atomic E-state index is 11.5. The Hall–Kier alpha value is -1.39. The molecule has 1 atom stereocenters. The molecular weight excluding hydrogens is 238 g/mol. The van der Waals surface area contributed by atoms with Gasteiger partial charge in [-0.2, -0.15) is 0 Å². The Morgan fingerprint density at radius 2 is 2.32 bits per heavy atom. The molecular formula is C15H23N3O. The summed E-state index contributed by atoms with van der Waals surface area (Å²) in [5.74, 6) is 6.48. The predicted octanol–water partition coefficient (Wildman–Crippen LogP) is 1.77. The molecule has 1 amide bonds. The first kappa shape index (κ1) is 14.0. The van der Waals surface area contributed by atoms with Crippen LogP contribution in [0.1, 0.15) is 36.2 Å². The van der Waals surface area contributed by atoms with E-state index in [-0.39, 0.29) is 5.91 Å². The summed E-state index contributed by atoms with van der Waals surface area (Å²) in [6, 6.07) is 7.68. The highest BCUT2D eigenvalue weighted by atomic mass is 16.2. The third-order valence-corrected chi connectivity index (χ3v) is 3.98. The highest BCUT2D eigenvalue weighted by Gasteiger charge is 2.24. The number of amides is 1. The Labute approximate surface area is 114 Å². The van der Waals surface area contributed by atoms with Crippen LogP contribution in [0.3, 0.4) is 0 Å². The van der Waals surface area contributed by atoms with E-state index in [0.717, 1.165) is 31.5 Å². The molecule has 104 valence electrons. The van der Waals surface area contributed by atoms with Crippen molar-refractivity contribution < 1.29 is 4.79 Å². The van der Waals surface area contributed by atoms with Crippen molar-refractivity contribution in [1.29, 1.82) is 0 Å². The molecule has 0 aromatic heterocycles. The van der Waals surface area contributed by atoms with Crippen LogP contribution in [0.4, 0.5) is 0 Å². The Morgan fingerprint density at radius 1 is 1.53 bits per heavy atom. The molecule has 1 fully saturated rings. The van der Waals surface area contributed by atoms with Crippen LogP contribution in [0.5, 0.6) is 0 Å².